The molecule has 134 valence electrons. The zero-order valence-corrected chi connectivity index (χ0v) is 14.0. The first-order chi connectivity index (χ1) is 11.9. The molecule has 0 saturated carbocycles. The summed E-state index contributed by atoms with van der Waals surface area (Å²) in [4.78, 5) is 0. The van der Waals surface area contributed by atoms with E-state index in [0.717, 1.165) is 16.7 Å². The van der Waals surface area contributed by atoms with Gasteiger partial charge in [-0.05, 0) is 34.4 Å². The second-order valence-corrected chi connectivity index (χ2v) is 6.10. The van der Waals surface area contributed by atoms with Crippen LogP contribution in [0.2, 0.25) is 0 Å². The summed E-state index contributed by atoms with van der Waals surface area (Å²) in [6, 6.07) is 12.0. The lowest BCUT2D eigenvalue weighted by Crippen LogP contribution is -2.20. The van der Waals surface area contributed by atoms with Gasteiger partial charge in [-0.25, -0.2) is 0 Å². The molecule has 0 radical (unpaired) electrons. The van der Waals surface area contributed by atoms with E-state index in [4.69, 9.17) is 9.47 Å². The molecule has 2 aromatic carbocycles. The van der Waals surface area contributed by atoms with E-state index < -0.39 is 6.36 Å². The first kappa shape index (κ1) is 17.8. The third-order valence-corrected chi connectivity index (χ3v) is 4.32. The van der Waals surface area contributed by atoms with Crippen LogP contribution in [0.25, 0.3) is 0 Å². The molecule has 0 bridgehead atoms. The van der Waals surface area contributed by atoms with Crippen molar-refractivity contribution in [3.8, 4) is 5.75 Å². The summed E-state index contributed by atoms with van der Waals surface area (Å²) >= 11 is 0. The van der Waals surface area contributed by atoms with Gasteiger partial charge < -0.3 is 14.2 Å². The molecule has 1 heterocycles. The van der Waals surface area contributed by atoms with Gasteiger partial charge in [-0.1, -0.05) is 37.3 Å². The summed E-state index contributed by atoms with van der Waals surface area (Å²) in [6.07, 6.45) is -4.89. The van der Waals surface area contributed by atoms with E-state index >= 15 is 0 Å². The van der Waals surface area contributed by atoms with Crippen molar-refractivity contribution >= 4 is 0 Å². The maximum Gasteiger partial charge on any atom is 0.573 e. The number of benzene rings is 2. The van der Waals surface area contributed by atoms with Gasteiger partial charge in [-0.3, -0.25) is 0 Å². The van der Waals surface area contributed by atoms with Crippen molar-refractivity contribution in [2.45, 2.75) is 38.5 Å². The fourth-order valence-electron chi connectivity index (χ4n) is 3.22. The van der Waals surface area contributed by atoms with Crippen molar-refractivity contribution in [1.82, 2.24) is 0 Å². The van der Waals surface area contributed by atoms with E-state index in [1.165, 1.54) is 17.7 Å². The Kier molecular flexibility index (Phi) is 5.01. The molecule has 3 rings (SSSR count). The standard InChI is InChI=1S/C19H19F3O3/c1-12-17-8-3-13(10-23-2)9-15(17)11-24-18(12)14-4-6-16(7-5-14)25-19(20,21)22/h3-9,12,18H,10-11H2,1-2H3. The fourth-order valence-corrected chi connectivity index (χ4v) is 3.22. The van der Waals surface area contributed by atoms with Gasteiger partial charge >= 0.3 is 6.36 Å². The lowest BCUT2D eigenvalue weighted by atomic mass is 9.85. The minimum Gasteiger partial charge on any atom is -0.406 e. The number of ether oxygens (including phenoxy) is 3. The van der Waals surface area contributed by atoms with E-state index in [0.29, 0.717) is 13.2 Å². The zero-order chi connectivity index (χ0) is 18.0. The Morgan fingerprint density at radius 3 is 2.48 bits per heavy atom. The molecule has 1 aliphatic rings. The number of halogens is 3. The third kappa shape index (κ3) is 4.14. The molecule has 2 unspecified atom stereocenters. The number of alkyl halides is 3. The Hall–Kier alpha value is -2.05. The third-order valence-electron chi connectivity index (χ3n) is 4.32. The minimum atomic E-state index is -4.69. The van der Waals surface area contributed by atoms with Crippen LogP contribution >= 0.6 is 0 Å². The fraction of sp³-hybridized carbons (Fsp3) is 0.368. The molecular formula is C19H19F3O3. The van der Waals surface area contributed by atoms with Crippen LogP contribution in [0.5, 0.6) is 5.75 Å². The van der Waals surface area contributed by atoms with Crippen LogP contribution in [0, 0.1) is 0 Å². The second kappa shape index (κ2) is 7.06. The first-order valence-electron chi connectivity index (χ1n) is 7.95. The van der Waals surface area contributed by atoms with E-state index in [1.807, 2.05) is 6.07 Å². The summed E-state index contributed by atoms with van der Waals surface area (Å²) in [6.45, 7) is 3.06. The van der Waals surface area contributed by atoms with Crippen LogP contribution in [-0.4, -0.2) is 13.5 Å². The summed E-state index contributed by atoms with van der Waals surface area (Å²) < 4.78 is 51.8. The van der Waals surface area contributed by atoms with Gasteiger partial charge in [0.15, 0.2) is 0 Å². The number of hydrogen-bond donors (Lipinski definition) is 0. The second-order valence-electron chi connectivity index (χ2n) is 6.10. The SMILES string of the molecule is COCc1ccc2c(c1)COC(c1ccc(OC(F)(F)F)cc1)C2C. The van der Waals surface area contributed by atoms with Crippen LogP contribution in [0.15, 0.2) is 42.5 Å². The maximum absolute atomic E-state index is 12.3. The van der Waals surface area contributed by atoms with Crippen molar-refractivity contribution in [3.63, 3.8) is 0 Å². The number of hydrogen-bond acceptors (Lipinski definition) is 3. The lowest BCUT2D eigenvalue weighted by molar-refractivity contribution is -0.274. The molecule has 0 N–H and O–H groups in total. The van der Waals surface area contributed by atoms with Gasteiger partial charge in [0, 0.05) is 13.0 Å². The van der Waals surface area contributed by atoms with E-state index in [2.05, 4.69) is 23.8 Å². The highest BCUT2D eigenvalue weighted by Gasteiger charge is 2.32. The highest BCUT2D eigenvalue weighted by atomic mass is 19.4. The average molecular weight is 352 g/mol. The highest BCUT2D eigenvalue weighted by Crippen LogP contribution is 2.41. The largest absolute Gasteiger partial charge is 0.573 e. The Balaban J connectivity index is 1.78. The van der Waals surface area contributed by atoms with Crippen molar-refractivity contribution in [2.24, 2.45) is 0 Å². The first-order valence-corrected chi connectivity index (χ1v) is 7.95. The molecule has 0 aromatic heterocycles. The molecule has 0 saturated heterocycles. The molecule has 0 fully saturated rings. The summed E-state index contributed by atoms with van der Waals surface area (Å²) in [5.74, 6) is -0.140. The number of rotatable bonds is 4. The van der Waals surface area contributed by atoms with Gasteiger partial charge in [0.1, 0.15) is 5.75 Å². The number of fused-ring (bicyclic) bond motifs is 1. The topological polar surface area (TPSA) is 27.7 Å². The smallest absolute Gasteiger partial charge is 0.406 e. The molecule has 6 heteroatoms. The maximum atomic E-state index is 12.3. The molecule has 1 aliphatic heterocycles. The Morgan fingerprint density at radius 2 is 1.84 bits per heavy atom. The summed E-state index contributed by atoms with van der Waals surface area (Å²) in [7, 11) is 1.65. The lowest BCUT2D eigenvalue weighted by Gasteiger charge is -2.32. The molecule has 2 aromatic rings. The van der Waals surface area contributed by atoms with Gasteiger partial charge in [0.25, 0.3) is 0 Å². The van der Waals surface area contributed by atoms with Gasteiger partial charge in [-0.2, -0.15) is 0 Å². The molecule has 0 spiro atoms. The van der Waals surface area contributed by atoms with E-state index in [-0.39, 0.29) is 17.8 Å². The van der Waals surface area contributed by atoms with E-state index in [1.54, 1.807) is 19.2 Å². The number of methoxy groups -OCH3 is 1. The van der Waals surface area contributed by atoms with Crippen molar-refractivity contribution in [1.29, 1.82) is 0 Å². The van der Waals surface area contributed by atoms with E-state index in [9.17, 15) is 13.2 Å². The van der Waals surface area contributed by atoms with Gasteiger partial charge in [0.05, 0.1) is 19.3 Å². The normalized spacial score (nSPS) is 20.2. The van der Waals surface area contributed by atoms with Gasteiger partial charge in [-0.15, -0.1) is 13.2 Å². The summed E-state index contributed by atoms with van der Waals surface area (Å²) in [5.41, 5.74) is 4.22. The zero-order valence-electron chi connectivity index (χ0n) is 14.0. The van der Waals surface area contributed by atoms with Crippen molar-refractivity contribution in [2.75, 3.05) is 7.11 Å². The Labute approximate surface area is 144 Å². The summed E-state index contributed by atoms with van der Waals surface area (Å²) in [5, 5.41) is 0. The minimum absolute atomic E-state index is 0.0923. The monoisotopic (exact) mass is 352 g/mol. The Morgan fingerprint density at radius 1 is 1.12 bits per heavy atom. The van der Waals surface area contributed by atoms with Crippen molar-refractivity contribution in [3.05, 3.63) is 64.7 Å². The molecule has 3 nitrogen and oxygen atoms in total. The van der Waals surface area contributed by atoms with Gasteiger partial charge in [0.2, 0.25) is 0 Å². The quantitative estimate of drug-likeness (QED) is 0.766. The van der Waals surface area contributed by atoms with Crippen LogP contribution in [0.3, 0.4) is 0 Å². The van der Waals surface area contributed by atoms with Crippen molar-refractivity contribution < 1.29 is 27.4 Å². The molecule has 0 aliphatic carbocycles. The average Bonchev–Trinajstić information content (AvgIpc) is 2.55. The molecular weight excluding hydrogens is 333 g/mol. The molecule has 2 atom stereocenters. The predicted molar refractivity (Wildman–Crippen MR) is 86.2 cm³/mol. The van der Waals surface area contributed by atoms with Crippen LogP contribution < -0.4 is 4.74 Å². The van der Waals surface area contributed by atoms with Crippen LogP contribution in [-0.2, 0) is 22.7 Å². The predicted octanol–water partition coefficient (Wildman–Crippen LogP) is 5.11. The molecule has 0 amide bonds. The Bertz CT molecular complexity index is 726. The van der Waals surface area contributed by atoms with Crippen LogP contribution in [0.1, 0.15) is 41.2 Å². The molecule has 25 heavy (non-hydrogen) atoms. The highest BCUT2D eigenvalue weighted by molar-refractivity contribution is 5.38. The van der Waals surface area contributed by atoms with Crippen LogP contribution in [0.4, 0.5) is 13.2 Å².